The van der Waals surface area contributed by atoms with Crippen LogP contribution in [0.1, 0.15) is 46.0 Å². The number of rotatable bonds is 7. The SMILES string of the molecule is CC(CCO)CNC(=O)CCC1CCC(C)O1. The zero-order chi connectivity index (χ0) is 12.7. The molecule has 1 heterocycles. The number of carbonyl (C=O) groups is 1. The minimum atomic E-state index is 0.0953. The van der Waals surface area contributed by atoms with E-state index in [0.29, 0.717) is 25.0 Å². The van der Waals surface area contributed by atoms with E-state index in [1.165, 1.54) is 0 Å². The van der Waals surface area contributed by atoms with Crippen molar-refractivity contribution in [3.8, 4) is 0 Å². The van der Waals surface area contributed by atoms with Gasteiger partial charge in [0.15, 0.2) is 0 Å². The maximum absolute atomic E-state index is 11.6. The van der Waals surface area contributed by atoms with Gasteiger partial charge in [-0.2, -0.15) is 0 Å². The predicted octanol–water partition coefficient (Wildman–Crippen LogP) is 1.47. The van der Waals surface area contributed by atoms with Crippen LogP contribution in [0.4, 0.5) is 0 Å². The standard InChI is InChI=1S/C13H25NO3/c1-10(7-8-15)9-14-13(16)6-5-12-4-3-11(2)17-12/h10-12,15H,3-9H2,1-2H3,(H,14,16). The quantitative estimate of drug-likeness (QED) is 0.712. The van der Waals surface area contributed by atoms with Crippen molar-refractivity contribution in [3.05, 3.63) is 0 Å². The lowest BCUT2D eigenvalue weighted by atomic mass is 10.1. The first-order valence-electron chi connectivity index (χ1n) is 6.64. The molecule has 1 fully saturated rings. The highest BCUT2D eigenvalue weighted by Crippen LogP contribution is 2.22. The summed E-state index contributed by atoms with van der Waals surface area (Å²) in [6.07, 6.45) is 4.92. The largest absolute Gasteiger partial charge is 0.396 e. The molecule has 2 N–H and O–H groups in total. The minimum Gasteiger partial charge on any atom is -0.396 e. The van der Waals surface area contributed by atoms with Gasteiger partial charge in [-0.1, -0.05) is 6.92 Å². The van der Waals surface area contributed by atoms with Crippen molar-refractivity contribution in [3.63, 3.8) is 0 Å². The van der Waals surface area contributed by atoms with Gasteiger partial charge in [0, 0.05) is 19.6 Å². The number of hydrogen-bond acceptors (Lipinski definition) is 3. The lowest BCUT2D eigenvalue weighted by molar-refractivity contribution is -0.122. The molecule has 0 aromatic heterocycles. The fraction of sp³-hybridized carbons (Fsp3) is 0.923. The van der Waals surface area contributed by atoms with E-state index in [0.717, 1.165) is 25.7 Å². The molecule has 0 aromatic rings. The normalized spacial score (nSPS) is 25.8. The second-order valence-electron chi connectivity index (χ2n) is 5.11. The molecule has 3 unspecified atom stereocenters. The molecule has 100 valence electrons. The Labute approximate surface area is 104 Å². The van der Waals surface area contributed by atoms with E-state index in [1.54, 1.807) is 0 Å². The third-order valence-corrected chi connectivity index (χ3v) is 3.28. The third kappa shape index (κ3) is 6.03. The molecule has 4 heteroatoms. The van der Waals surface area contributed by atoms with Gasteiger partial charge in [-0.05, 0) is 38.5 Å². The van der Waals surface area contributed by atoms with Crippen LogP contribution >= 0.6 is 0 Å². The lowest BCUT2D eigenvalue weighted by Crippen LogP contribution is -2.29. The molecular weight excluding hydrogens is 218 g/mol. The summed E-state index contributed by atoms with van der Waals surface area (Å²) in [5, 5.41) is 11.6. The van der Waals surface area contributed by atoms with E-state index >= 15 is 0 Å². The lowest BCUT2D eigenvalue weighted by Gasteiger charge is -2.13. The first-order chi connectivity index (χ1) is 8.11. The molecule has 0 bridgehead atoms. The van der Waals surface area contributed by atoms with Gasteiger partial charge in [-0.15, -0.1) is 0 Å². The van der Waals surface area contributed by atoms with E-state index in [-0.39, 0.29) is 18.6 Å². The molecule has 1 aliphatic heterocycles. The Morgan fingerprint density at radius 2 is 2.29 bits per heavy atom. The molecule has 0 saturated carbocycles. The Morgan fingerprint density at radius 3 is 2.88 bits per heavy atom. The van der Waals surface area contributed by atoms with Crippen LogP contribution in [0.5, 0.6) is 0 Å². The van der Waals surface area contributed by atoms with Gasteiger partial charge in [0.2, 0.25) is 5.91 Å². The van der Waals surface area contributed by atoms with Crippen molar-refractivity contribution in [2.45, 2.75) is 58.2 Å². The van der Waals surface area contributed by atoms with E-state index < -0.39 is 0 Å². The number of aliphatic hydroxyl groups excluding tert-OH is 1. The number of carbonyl (C=O) groups excluding carboxylic acids is 1. The van der Waals surface area contributed by atoms with E-state index in [1.807, 2.05) is 6.92 Å². The summed E-state index contributed by atoms with van der Waals surface area (Å²) < 4.78 is 5.66. The number of amides is 1. The van der Waals surface area contributed by atoms with Gasteiger partial charge in [-0.25, -0.2) is 0 Å². The molecule has 1 saturated heterocycles. The molecule has 1 rings (SSSR count). The number of ether oxygens (including phenoxy) is 1. The molecule has 4 nitrogen and oxygen atoms in total. The van der Waals surface area contributed by atoms with Crippen LogP contribution in [0.15, 0.2) is 0 Å². The van der Waals surface area contributed by atoms with Gasteiger partial charge in [0.05, 0.1) is 12.2 Å². The van der Waals surface area contributed by atoms with Crippen LogP contribution in [0, 0.1) is 5.92 Å². The Hall–Kier alpha value is -0.610. The van der Waals surface area contributed by atoms with Crippen LogP contribution in [0.25, 0.3) is 0 Å². The van der Waals surface area contributed by atoms with E-state index in [2.05, 4.69) is 12.2 Å². The van der Waals surface area contributed by atoms with Crippen LogP contribution in [0.3, 0.4) is 0 Å². The Kier molecular flexibility index (Phi) is 6.52. The first kappa shape index (κ1) is 14.5. The van der Waals surface area contributed by atoms with Crippen LogP contribution in [-0.4, -0.2) is 36.4 Å². The van der Waals surface area contributed by atoms with Crippen molar-refractivity contribution in [1.82, 2.24) is 5.32 Å². The monoisotopic (exact) mass is 243 g/mol. The Bertz CT molecular complexity index is 233. The molecule has 0 aromatic carbocycles. The van der Waals surface area contributed by atoms with Crippen LogP contribution < -0.4 is 5.32 Å². The number of aliphatic hydroxyl groups is 1. The van der Waals surface area contributed by atoms with E-state index in [4.69, 9.17) is 9.84 Å². The Morgan fingerprint density at radius 1 is 1.53 bits per heavy atom. The number of nitrogens with one attached hydrogen (secondary N) is 1. The summed E-state index contributed by atoms with van der Waals surface area (Å²) in [4.78, 5) is 11.6. The van der Waals surface area contributed by atoms with Gasteiger partial charge in [0.25, 0.3) is 0 Å². The van der Waals surface area contributed by atoms with Crippen molar-refractivity contribution < 1.29 is 14.6 Å². The highest BCUT2D eigenvalue weighted by molar-refractivity contribution is 5.75. The summed E-state index contributed by atoms with van der Waals surface area (Å²) >= 11 is 0. The summed E-state index contributed by atoms with van der Waals surface area (Å²) in [6.45, 7) is 4.95. The average Bonchev–Trinajstić information content (AvgIpc) is 2.70. The molecular formula is C13H25NO3. The summed E-state index contributed by atoms with van der Waals surface area (Å²) in [5.41, 5.74) is 0. The highest BCUT2D eigenvalue weighted by atomic mass is 16.5. The molecule has 1 aliphatic rings. The van der Waals surface area contributed by atoms with Crippen molar-refractivity contribution in [2.24, 2.45) is 5.92 Å². The van der Waals surface area contributed by atoms with Crippen molar-refractivity contribution >= 4 is 5.91 Å². The maximum atomic E-state index is 11.6. The van der Waals surface area contributed by atoms with Crippen LogP contribution in [-0.2, 0) is 9.53 Å². The molecule has 1 amide bonds. The summed E-state index contributed by atoms with van der Waals surface area (Å²) in [5.74, 6) is 0.435. The summed E-state index contributed by atoms with van der Waals surface area (Å²) in [7, 11) is 0. The Balaban J connectivity index is 2.05. The topological polar surface area (TPSA) is 58.6 Å². The van der Waals surface area contributed by atoms with Gasteiger partial charge in [0.1, 0.15) is 0 Å². The molecule has 0 spiro atoms. The summed E-state index contributed by atoms with van der Waals surface area (Å²) in [6, 6.07) is 0. The number of hydrogen-bond donors (Lipinski definition) is 2. The van der Waals surface area contributed by atoms with Gasteiger partial charge >= 0.3 is 0 Å². The average molecular weight is 243 g/mol. The second kappa shape index (κ2) is 7.67. The van der Waals surface area contributed by atoms with Gasteiger partial charge in [-0.3, -0.25) is 4.79 Å². The zero-order valence-electron chi connectivity index (χ0n) is 10.9. The van der Waals surface area contributed by atoms with Gasteiger partial charge < -0.3 is 15.2 Å². The highest BCUT2D eigenvalue weighted by Gasteiger charge is 2.22. The third-order valence-electron chi connectivity index (χ3n) is 3.28. The second-order valence-corrected chi connectivity index (χ2v) is 5.11. The fourth-order valence-electron chi connectivity index (χ4n) is 2.09. The first-order valence-corrected chi connectivity index (χ1v) is 6.64. The predicted molar refractivity (Wildman–Crippen MR) is 66.7 cm³/mol. The van der Waals surface area contributed by atoms with Crippen LogP contribution in [0.2, 0.25) is 0 Å². The molecule has 0 radical (unpaired) electrons. The molecule has 0 aliphatic carbocycles. The minimum absolute atomic E-state index is 0.0953. The molecule has 3 atom stereocenters. The zero-order valence-corrected chi connectivity index (χ0v) is 10.9. The smallest absolute Gasteiger partial charge is 0.220 e. The van der Waals surface area contributed by atoms with Crippen molar-refractivity contribution in [1.29, 1.82) is 0 Å². The molecule has 17 heavy (non-hydrogen) atoms. The fourth-order valence-corrected chi connectivity index (χ4v) is 2.09. The van der Waals surface area contributed by atoms with E-state index in [9.17, 15) is 4.79 Å². The maximum Gasteiger partial charge on any atom is 0.220 e. The van der Waals surface area contributed by atoms with Crippen molar-refractivity contribution in [2.75, 3.05) is 13.2 Å².